The quantitative estimate of drug-likeness (QED) is 0.519. The van der Waals surface area contributed by atoms with E-state index < -0.39 is 0 Å². The van der Waals surface area contributed by atoms with E-state index in [9.17, 15) is 0 Å². The summed E-state index contributed by atoms with van der Waals surface area (Å²) in [4.78, 5) is 4.44. The molecule has 0 saturated heterocycles. The highest BCUT2D eigenvalue weighted by atomic mass is 15.4. The highest BCUT2D eigenvalue weighted by Gasteiger charge is 2.21. The van der Waals surface area contributed by atoms with Crippen molar-refractivity contribution in [2.45, 2.75) is 20.8 Å². The van der Waals surface area contributed by atoms with Gasteiger partial charge in [0.2, 0.25) is 6.20 Å². The minimum atomic E-state index is 0.976. The molecule has 0 bridgehead atoms. The zero-order chi connectivity index (χ0) is 17.6. The number of aryl methyl sites for hydroxylation is 3. The van der Waals surface area contributed by atoms with Gasteiger partial charge in [0.1, 0.15) is 29.3 Å². The van der Waals surface area contributed by atoms with Crippen LogP contribution in [0.2, 0.25) is 0 Å². The van der Waals surface area contributed by atoms with Crippen LogP contribution >= 0.6 is 0 Å². The van der Waals surface area contributed by atoms with Gasteiger partial charge in [-0.15, -0.1) is 9.36 Å². The lowest BCUT2D eigenvalue weighted by Crippen LogP contribution is -2.39. The second kappa shape index (κ2) is 5.81. The molecule has 0 unspecified atom stereocenters. The first kappa shape index (κ1) is 15.5. The summed E-state index contributed by atoms with van der Waals surface area (Å²) in [7, 11) is 2.09. The van der Waals surface area contributed by atoms with E-state index >= 15 is 0 Å². The van der Waals surface area contributed by atoms with Crippen LogP contribution in [0.5, 0.6) is 0 Å². The molecule has 0 spiro atoms. The predicted octanol–water partition coefficient (Wildman–Crippen LogP) is 3.05. The lowest BCUT2D eigenvalue weighted by atomic mass is 10.1. The van der Waals surface area contributed by atoms with E-state index in [1.165, 1.54) is 33.4 Å². The van der Waals surface area contributed by atoms with Gasteiger partial charge >= 0.3 is 0 Å². The Morgan fingerprint density at radius 3 is 2.60 bits per heavy atom. The smallest absolute Gasteiger partial charge is 0.200 e. The summed E-state index contributed by atoms with van der Waals surface area (Å²) in [5, 5.41) is 1.23. The van der Waals surface area contributed by atoms with E-state index in [0.717, 1.165) is 5.82 Å². The fourth-order valence-corrected chi connectivity index (χ4v) is 3.51. The second-order valence-corrected chi connectivity index (χ2v) is 6.54. The molecule has 0 aliphatic carbocycles. The third kappa shape index (κ3) is 2.50. The standard InChI is InChI=1S/C21H22N4/c1-15-12-20(24-11-7-10-22-17(24)3)16(2)21(13-15)25-19-9-6-5-8-18(19)14-23(25)4/h5-14H,1-4H3/q+2. The Bertz CT molecular complexity index is 1090. The highest BCUT2D eigenvalue weighted by molar-refractivity contribution is 5.79. The van der Waals surface area contributed by atoms with Crippen molar-refractivity contribution in [2.24, 2.45) is 7.05 Å². The molecule has 2 heterocycles. The summed E-state index contributed by atoms with van der Waals surface area (Å²) in [6.45, 7) is 6.36. The number of para-hydroxylation sites is 1. The molecule has 0 radical (unpaired) electrons. The largest absolute Gasteiger partial charge is 0.300 e. The number of rotatable bonds is 2. The third-order valence-corrected chi connectivity index (χ3v) is 4.72. The molecule has 4 nitrogen and oxygen atoms in total. The van der Waals surface area contributed by atoms with Crippen molar-refractivity contribution >= 4 is 10.9 Å². The molecule has 0 fully saturated rings. The Hall–Kier alpha value is -3.01. The summed E-state index contributed by atoms with van der Waals surface area (Å²) in [5.74, 6) is 0.976. The molecule has 4 aromatic rings. The molecule has 0 saturated carbocycles. The van der Waals surface area contributed by atoms with Gasteiger partial charge in [0, 0.05) is 18.6 Å². The highest BCUT2D eigenvalue weighted by Crippen LogP contribution is 2.24. The Morgan fingerprint density at radius 2 is 1.80 bits per heavy atom. The van der Waals surface area contributed by atoms with E-state index in [4.69, 9.17) is 0 Å². The fraction of sp³-hybridized carbons (Fsp3) is 0.190. The number of benzene rings is 2. The Labute approximate surface area is 147 Å². The van der Waals surface area contributed by atoms with E-state index in [-0.39, 0.29) is 0 Å². The van der Waals surface area contributed by atoms with Crippen molar-refractivity contribution in [1.29, 1.82) is 0 Å². The van der Waals surface area contributed by atoms with Crippen molar-refractivity contribution in [3.63, 3.8) is 0 Å². The van der Waals surface area contributed by atoms with Gasteiger partial charge in [-0.2, -0.15) is 0 Å². The van der Waals surface area contributed by atoms with Gasteiger partial charge in [-0.3, -0.25) is 0 Å². The molecular weight excluding hydrogens is 308 g/mol. The summed E-state index contributed by atoms with van der Waals surface area (Å²) in [5.41, 5.74) is 6.01. The number of hydrogen-bond donors (Lipinski definition) is 0. The van der Waals surface area contributed by atoms with E-state index in [1.807, 2.05) is 19.2 Å². The van der Waals surface area contributed by atoms with E-state index in [2.05, 4.69) is 88.6 Å². The normalized spacial score (nSPS) is 11.2. The molecule has 2 aromatic heterocycles. The van der Waals surface area contributed by atoms with Gasteiger partial charge in [-0.05, 0) is 43.7 Å². The summed E-state index contributed by atoms with van der Waals surface area (Å²) in [6.07, 6.45) is 6.07. The fourth-order valence-electron chi connectivity index (χ4n) is 3.51. The maximum atomic E-state index is 4.44. The zero-order valence-electron chi connectivity index (χ0n) is 15.1. The van der Waals surface area contributed by atoms with E-state index in [1.54, 1.807) is 0 Å². The van der Waals surface area contributed by atoms with Gasteiger partial charge < -0.3 is 0 Å². The first-order valence-electron chi connectivity index (χ1n) is 8.48. The van der Waals surface area contributed by atoms with Gasteiger partial charge in [-0.25, -0.2) is 4.57 Å². The van der Waals surface area contributed by atoms with Gasteiger partial charge in [0.05, 0.1) is 5.39 Å². The molecular formula is C21H22N4+2. The maximum Gasteiger partial charge on any atom is 0.300 e. The van der Waals surface area contributed by atoms with Gasteiger partial charge in [-0.1, -0.05) is 17.1 Å². The van der Waals surface area contributed by atoms with Crippen LogP contribution in [0.4, 0.5) is 0 Å². The first-order chi connectivity index (χ1) is 12.1. The topological polar surface area (TPSA) is 25.6 Å². The van der Waals surface area contributed by atoms with Gasteiger partial charge in [0.25, 0.3) is 5.82 Å². The van der Waals surface area contributed by atoms with Crippen LogP contribution in [0, 0.1) is 20.8 Å². The molecule has 0 amide bonds. The average Bonchev–Trinajstić information content (AvgIpc) is 2.93. The number of nitrogens with zero attached hydrogens (tertiary/aromatic N) is 4. The number of hydrogen-bond acceptors (Lipinski definition) is 1. The molecule has 0 atom stereocenters. The van der Waals surface area contributed by atoms with Crippen molar-refractivity contribution in [3.05, 3.63) is 78.0 Å². The van der Waals surface area contributed by atoms with Crippen LogP contribution in [0.15, 0.2) is 61.1 Å². The monoisotopic (exact) mass is 330 g/mol. The Kier molecular flexibility index (Phi) is 3.61. The van der Waals surface area contributed by atoms with E-state index in [0.29, 0.717) is 0 Å². The lowest BCUT2D eigenvalue weighted by molar-refractivity contribution is -0.742. The van der Waals surface area contributed by atoms with Crippen LogP contribution in [-0.4, -0.2) is 9.67 Å². The average molecular weight is 330 g/mol. The first-order valence-corrected chi connectivity index (χ1v) is 8.48. The molecule has 0 aliphatic rings. The van der Waals surface area contributed by atoms with Crippen molar-refractivity contribution in [2.75, 3.05) is 0 Å². The van der Waals surface area contributed by atoms with Crippen molar-refractivity contribution in [1.82, 2.24) is 9.67 Å². The minimum Gasteiger partial charge on any atom is -0.200 e. The second-order valence-electron chi connectivity index (χ2n) is 6.54. The van der Waals surface area contributed by atoms with Crippen LogP contribution in [-0.2, 0) is 7.05 Å². The van der Waals surface area contributed by atoms with Crippen LogP contribution < -0.4 is 9.25 Å². The molecule has 0 aliphatic heterocycles. The molecule has 0 N–H and O–H groups in total. The van der Waals surface area contributed by atoms with Crippen molar-refractivity contribution < 1.29 is 9.25 Å². The van der Waals surface area contributed by atoms with Crippen LogP contribution in [0.3, 0.4) is 0 Å². The molecule has 124 valence electrons. The molecule has 4 rings (SSSR count). The molecule has 25 heavy (non-hydrogen) atoms. The number of fused-ring (bicyclic) bond motifs is 1. The minimum absolute atomic E-state index is 0.976. The number of aromatic nitrogens is 4. The van der Waals surface area contributed by atoms with Crippen LogP contribution in [0.1, 0.15) is 17.0 Å². The van der Waals surface area contributed by atoms with Gasteiger partial charge in [0.15, 0.2) is 7.05 Å². The zero-order valence-corrected chi connectivity index (χ0v) is 15.1. The Balaban J connectivity index is 2.04. The van der Waals surface area contributed by atoms with Crippen molar-refractivity contribution in [3.8, 4) is 11.4 Å². The molecule has 2 aromatic carbocycles. The summed E-state index contributed by atoms with van der Waals surface area (Å²) >= 11 is 0. The Morgan fingerprint density at radius 1 is 1.00 bits per heavy atom. The predicted molar refractivity (Wildman–Crippen MR) is 98.0 cm³/mol. The SMILES string of the molecule is Cc1cc(-n2c3ccccc3c[n+]2C)c(C)c(-[n+]2cccnc2C)c1. The summed E-state index contributed by atoms with van der Waals surface area (Å²) < 4.78 is 6.57. The molecule has 4 heteroatoms. The van der Waals surface area contributed by atoms with Crippen LogP contribution in [0.25, 0.3) is 22.3 Å². The maximum absolute atomic E-state index is 4.44. The third-order valence-electron chi connectivity index (χ3n) is 4.72. The summed E-state index contributed by atoms with van der Waals surface area (Å²) in [6, 6.07) is 14.9. The lowest BCUT2D eigenvalue weighted by Gasteiger charge is -2.12.